The summed E-state index contributed by atoms with van der Waals surface area (Å²) in [5.74, 6) is -1.11. The third-order valence-electron chi connectivity index (χ3n) is 0.974. The molecule has 2 unspecified atom stereocenters. The van der Waals surface area contributed by atoms with Crippen LogP contribution in [0.5, 0.6) is 0 Å². The monoisotopic (exact) mass is 181 g/mol. The van der Waals surface area contributed by atoms with E-state index in [9.17, 15) is 9.36 Å². The molecule has 0 saturated carbocycles. The van der Waals surface area contributed by atoms with Gasteiger partial charge in [-0.05, 0) is 4.57 Å². The van der Waals surface area contributed by atoms with Crippen molar-refractivity contribution in [3.05, 3.63) is 0 Å². The van der Waals surface area contributed by atoms with E-state index >= 15 is 0 Å². The molecule has 0 heterocycles. The van der Waals surface area contributed by atoms with Gasteiger partial charge in [-0.3, -0.25) is 4.79 Å². The maximum atomic E-state index is 10.6. The summed E-state index contributed by atoms with van der Waals surface area (Å²) in [7, 11) is -0.669. The zero-order valence-electron chi connectivity index (χ0n) is 6.06. The number of carboxylic acid groups (broad SMARTS) is 1. The molecule has 0 aliphatic heterocycles. The summed E-state index contributed by atoms with van der Waals surface area (Å²) in [4.78, 5) is 9.98. The molecule has 0 spiro atoms. The molecular formula is C5H10O5P+. The van der Waals surface area contributed by atoms with Crippen molar-refractivity contribution < 1.29 is 24.1 Å². The summed E-state index contributed by atoms with van der Waals surface area (Å²) in [5.41, 5.74) is 0. The standard InChI is InChI=1S/C5H9O5P/c1-10-11(9)3-4(6)2-5(7)8/h4,6H,2-3H2,1H3/p+1. The zero-order chi connectivity index (χ0) is 8.85. The Morgan fingerprint density at radius 2 is 2.27 bits per heavy atom. The predicted molar refractivity (Wildman–Crippen MR) is 37.7 cm³/mol. The minimum Gasteiger partial charge on any atom is -0.481 e. The van der Waals surface area contributed by atoms with Crippen LogP contribution in [0.15, 0.2) is 0 Å². The Kier molecular flexibility index (Phi) is 4.94. The average Bonchev–Trinajstić information content (AvgIpc) is 1.85. The Morgan fingerprint density at radius 1 is 1.73 bits per heavy atom. The molecule has 0 aliphatic carbocycles. The van der Waals surface area contributed by atoms with E-state index in [2.05, 4.69) is 4.52 Å². The van der Waals surface area contributed by atoms with Gasteiger partial charge in [0.25, 0.3) is 0 Å². The van der Waals surface area contributed by atoms with Crippen LogP contribution in [-0.2, 0) is 13.9 Å². The highest BCUT2D eigenvalue weighted by atomic mass is 31.1. The number of hydrogen-bond donors (Lipinski definition) is 2. The van der Waals surface area contributed by atoms with Gasteiger partial charge in [0.1, 0.15) is 6.10 Å². The predicted octanol–water partition coefficient (Wildman–Crippen LogP) is 0.211. The molecule has 5 nitrogen and oxygen atoms in total. The number of aliphatic hydroxyl groups is 1. The van der Waals surface area contributed by atoms with Crippen LogP contribution in [0.1, 0.15) is 6.42 Å². The number of aliphatic carboxylic acids is 1. The van der Waals surface area contributed by atoms with E-state index in [0.717, 1.165) is 0 Å². The second-order valence-electron chi connectivity index (χ2n) is 1.95. The molecule has 0 aromatic heterocycles. The van der Waals surface area contributed by atoms with Gasteiger partial charge < -0.3 is 10.2 Å². The second-order valence-corrected chi connectivity index (χ2v) is 3.35. The molecule has 0 aliphatic rings. The molecule has 0 aromatic carbocycles. The first-order chi connectivity index (χ1) is 5.06. The highest BCUT2D eigenvalue weighted by Crippen LogP contribution is 2.21. The molecule has 0 radical (unpaired) electrons. The van der Waals surface area contributed by atoms with Crippen molar-refractivity contribution >= 4 is 14.0 Å². The number of hydrogen-bond acceptors (Lipinski definition) is 4. The van der Waals surface area contributed by atoms with E-state index in [1.807, 2.05) is 0 Å². The summed E-state index contributed by atoms with van der Waals surface area (Å²) < 4.78 is 14.9. The lowest BCUT2D eigenvalue weighted by atomic mass is 10.3. The number of carboxylic acids is 1. The van der Waals surface area contributed by atoms with E-state index in [1.165, 1.54) is 7.11 Å². The summed E-state index contributed by atoms with van der Waals surface area (Å²) >= 11 is 0. The summed E-state index contributed by atoms with van der Waals surface area (Å²) in [5, 5.41) is 17.1. The molecule has 0 bridgehead atoms. The molecule has 0 rings (SSSR count). The number of carbonyl (C=O) groups is 1. The lowest BCUT2D eigenvalue weighted by Crippen LogP contribution is -2.15. The molecule has 64 valence electrons. The van der Waals surface area contributed by atoms with Crippen molar-refractivity contribution in [2.75, 3.05) is 13.3 Å². The van der Waals surface area contributed by atoms with Crippen LogP contribution in [0.4, 0.5) is 0 Å². The van der Waals surface area contributed by atoms with Crippen molar-refractivity contribution in [1.82, 2.24) is 0 Å². The quantitative estimate of drug-likeness (QED) is 0.592. The van der Waals surface area contributed by atoms with Crippen LogP contribution in [0.2, 0.25) is 0 Å². The van der Waals surface area contributed by atoms with E-state index in [0.29, 0.717) is 0 Å². The Morgan fingerprint density at radius 3 is 2.64 bits per heavy atom. The van der Waals surface area contributed by atoms with Crippen molar-refractivity contribution in [3.8, 4) is 0 Å². The highest BCUT2D eigenvalue weighted by molar-refractivity contribution is 7.39. The molecule has 2 atom stereocenters. The van der Waals surface area contributed by atoms with Crippen LogP contribution in [0.3, 0.4) is 0 Å². The lowest BCUT2D eigenvalue weighted by molar-refractivity contribution is -0.138. The minimum absolute atomic E-state index is 0.127. The fourth-order valence-corrected chi connectivity index (χ4v) is 1.14. The van der Waals surface area contributed by atoms with Crippen LogP contribution in [0.25, 0.3) is 0 Å². The van der Waals surface area contributed by atoms with Gasteiger partial charge in [-0.1, -0.05) is 0 Å². The topological polar surface area (TPSA) is 83.8 Å². The first-order valence-corrected chi connectivity index (χ1v) is 4.31. The Bertz CT molecular complexity index is 157. The molecule has 0 amide bonds. The van der Waals surface area contributed by atoms with Crippen molar-refractivity contribution in [2.45, 2.75) is 12.5 Å². The summed E-state index contributed by atoms with van der Waals surface area (Å²) in [6.07, 6.45) is -1.61. The fraction of sp³-hybridized carbons (Fsp3) is 0.800. The normalized spacial score (nSPS) is 14.2. The van der Waals surface area contributed by atoms with Crippen LogP contribution < -0.4 is 0 Å². The molecule has 0 saturated heterocycles. The van der Waals surface area contributed by atoms with Gasteiger partial charge in [0, 0.05) is 0 Å². The molecule has 0 fully saturated rings. The molecular weight excluding hydrogens is 171 g/mol. The smallest absolute Gasteiger partial charge is 0.481 e. The molecule has 0 aromatic rings. The van der Waals surface area contributed by atoms with Crippen molar-refractivity contribution in [3.63, 3.8) is 0 Å². The van der Waals surface area contributed by atoms with Crippen molar-refractivity contribution in [2.24, 2.45) is 0 Å². The van der Waals surface area contributed by atoms with Crippen LogP contribution >= 0.6 is 8.03 Å². The third kappa shape index (κ3) is 5.91. The van der Waals surface area contributed by atoms with Gasteiger partial charge in [-0.25, -0.2) is 0 Å². The maximum absolute atomic E-state index is 10.6. The van der Waals surface area contributed by atoms with Gasteiger partial charge in [0.2, 0.25) is 6.16 Å². The number of rotatable bonds is 5. The van der Waals surface area contributed by atoms with Gasteiger partial charge >= 0.3 is 14.0 Å². The first-order valence-electron chi connectivity index (χ1n) is 2.95. The van der Waals surface area contributed by atoms with Crippen LogP contribution in [-0.4, -0.2) is 35.6 Å². The van der Waals surface area contributed by atoms with Gasteiger partial charge in [-0.15, -0.1) is 4.52 Å². The fourth-order valence-electron chi connectivity index (χ4n) is 0.513. The third-order valence-corrected chi connectivity index (χ3v) is 2.10. The minimum atomic E-state index is -1.91. The van der Waals surface area contributed by atoms with E-state index in [-0.39, 0.29) is 6.16 Å². The Labute approximate surface area is 64.9 Å². The Hall–Kier alpha value is -0.510. The SMILES string of the molecule is CO[P+](=O)CC(O)CC(=O)O. The summed E-state index contributed by atoms with van der Waals surface area (Å²) in [6.45, 7) is 0. The molecule has 2 N–H and O–H groups in total. The van der Waals surface area contributed by atoms with Gasteiger partial charge in [0.05, 0.1) is 13.5 Å². The Balaban J connectivity index is 3.60. The second kappa shape index (κ2) is 5.18. The van der Waals surface area contributed by atoms with E-state index in [4.69, 9.17) is 10.2 Å². The number of aliphatic hydroxyl groups excluding tert-OH is 1. The molecule has 6 heteroatoms. The van der Waals surface area contributed by atoms with Gasteiger partial charge in [-0.2, -0.15) is 0 Å². The maximum Gasteiger partial charge on any atom is 0.510 e. The first kappa shape index (κ1) is 10.5. The van der Waals surface area contributed by atoms with E-state index in [1.54, 1.807) is 0 Å². The average molecular weight is 181 g/mol. The van der Waals surface area contributed by atoms with Crippen LogP contribution in [0, 0.1) is 0 Å². The molecule has 11 heavy (non-hydrogen) atoms. The van der Waals surface area contributed by atoms with Crippen molar-refractivity contribution in [1.29, 1.82) is 0 Å². The largest absolute Gasteiger partial charge is 0.510 e. The van der Waals surface area contributed by atoms with Gasteiger partial charge in [0.15, 0.2) is 0 Å². The zero-order valence-corrected chi connectivity index (χ0v) is 6.95. The lowest BCUT2D eigenvalue weighted by Gasteiger charge is -1.97. The highest BCUT2D eigenvalue weighted by Gasteiger charge is 2.23. The van der Waals surface area contributed by atoms with E-state index < -0.39 is 26.5 Å². The summed E-state index contributed by atoms with van der Waals surface area (Å²) in [6, 6.07) is 0.